The number of nitrogens with two attached hydrogens (primary N) is 2. The van der Waals surface area contributed by atoms with Gasteiger partial charge < -0.3 is 16.8 Å². The van der Waals surface area contributed by atoms with Crippen LogP contribution in [0.1, 0.15) is 33.5 Å². The molecule has 0 bridgehead atoms. The van der Waals surface area contributed by atoms with Crippen LogP contribution in [0.25, 0.3) is 0 Å². The van der Waals surface area contributed by atoms with Crippen molar-refractivity contribution in [1.29, 1.82) is 0 Å². The van der Waals surface area contributed by atoms with Crippen molar-refractivity contribution in [2.75, 3.05) is 11.1 Å². The number of benzene rings is 1. The average molecular weight is 273 g/mol. The van der Waals surface area contributed by atoms with E-state index in [2.05, 4.69) is 15.5 Å². The summed E-state index contributed by atoms with van der Waals surface area (Å²) in [6.07, 6.45) is 0.666. The second kappa shape index (κ2) is 5.43. The van der Waals surface area contributed by atoms with Gasteiger partial charge in [-0.25, -0.2) is 0 Å². The summed E-state index contributed by atoms with van der Waals surface area (Å²) in [5.41, 5.74) is 13.1. The van der Waals surface area contributed by atoms with Gasteiger partial charge in [0.2, 0.25) is 5.91 Å². The lowest BCUT2D eigenvalue weighted by molar-refractivity contribution is 0.0998. The molecule has 0 unspecified atom stereocenters. The molecular formula is C13H15N5O2. The first kappa shape index (κ1) is 13.6. The molecule has 2 rings (SSSR count). The fourth-order valence-corrected chi connectivity index (χ4v) is 1.74. The van der Waals surface area contributed by atoms with Crippen molar-refractivity contribution in [2.24, 2.45) is 5.73 Å². The van der Waals surface area contributed by atoms with Crippen molar-refractivity contribution in [1.82, 2.24) is 10.2 Å². The van der Waals surface area contributed by atoms with Gasteiger partial charge in [-0.05, 0) is 30.7 Å². The maximum absolute atomic E-state index is 12.0. The zero-order valence-electron chi connectivity index (χ0n) is 10.9. The molecule has 0 radical (unpaired) electrons. The lowest BCUT2D eigenvalue weighted by Gasteiger charge is -2.04. The van der Waals surface area contributed by atoms with Crippen molar-refractivity contribution in [3.05, 3.63) is 41.2 Å². The van der Waals surface area contributed by atoms with Gasteiger partial charge in [-0.2, -0.15) is 5.10 Å². The normalized spacial score (nSPS) is 10.2. The highest BCUT2D eigenvalue weighted by Gasteiger charge is 2.16. The van der Waals surface area contributed by atoms with Crippen LogP contribution in [0, 0.1) is 0 Å². The third kappa shape index (κ3) is 2.61. The SMILES string of the molecule is CCc1[nH]nc(C(=O)Nc2ccc(C(N)=O)cc2)c1N. The van der Waals surface area contributed by atoms with Crippen LogP contribution in [0.2, 0.25) is 0 Å². The summed E-state index contributed by atoms with van der Waals surface area (Å²) in [5, 5.41) is 9.26. The third-order valence-corrected chi connectivity index (χ3v) is 2.88. The van der Waals surface area contributed by atoms with E-state index in [0.717, 1.165) is 5.69 Å². The number of amides is 2. The number of aryl methyl sites for hydroxylation is 1. The van der Waals surface area contributed by atoms with E-state index in [1.165, 1.54) is 12.1 Å². The first-order valence-corrected chi connectivity index (χ1v) is 6.06. The fourth-order valence-electron chi connectivity index (χ4n) is 1.74. The van der Waals surface area contributed by atoms with E-state index < -0.39 is 11.8 Å². The van der Waals surface area contributed by atoms with E-state index in [1.807, 2.05) is 6.92 Å². The molecule has 7 nitrogen and oxygen atoms in total. The average Bonchev–Trinajstić information content (AvgIpc) is 2.80. The summed E-state index contributed by atoms with van der Waals surface area (Å²) in [5.74, 6) is -0.933. The summed E-state index contributed by atoms with van der Waals surface area (Å²) >= 11 is 0. The highest BCUT2D eigenvalue weighted by molar-refractivity contribution is 6.06. The van der Waals surface area contributed by atoms with Gasteiger partial charge in [-0.3, -0.25) is 14.7 Å². The number of primary amides is 1. The van der Waals surface area contributed by atoms with Gasteiger partial charge in [0.05, 0.1) is 11.4 Å². The third-order valence-electron chi connectivity index (χ3n) is 2.88. The van der Waals surface area contributed by atoms with Gasteiger partial charge in [0.25, 0.3) is 5.91 Å². The Kier molecular flexibility index (Phi) is 3.69. The maximum atomic E-state index is 12.0. The molecule has 1 heterocycles. The molecule has 0 saturated heterocycles. The predicted molar refractivity (Wildman–Crippen MR) is 75.3 cm³/mol. The number of nitrogen functional groups attached to an aromatic ring is 1. The summed E-state index contributed by atoms with van der Waals surface area (Å²) in [4.78, 5) is 23.0. The molecular weight excluding hydrogens is 258 g/mol. The van der Waals surface area contributed by atoms with Crippen LogP contribution < -0.4 is 16.8 Å². The number of aromatic amines is 1. The van der Waals surface area contributed by atoms with E-state index in [1.54, 1.807) is 12.1 Å². The number of carbonyl (C=O) groups excluding carboxylic acids is 2. The lowest BCUT2D eigenvalue weighted by Crippen LogP contribution is -2.15. The number of hydrogen-bond acceptors (Lipinski definition) is 4. The molecule has 7 heteroatoms. The Morgan fingerprint density at radius 2 is 1.95 bits per heavy atom. The Morgan fingerprint density at radius 1 is 1.30 bits per heavy atom. The van der Waals surface area contributed by atoms with Gasteiger partial charge in [0.15, 0.2) is 5.69 Å². The molecule has 0 aliphatic carbocycles. The molecule has 0 spiro atoms. The van der Waals surface area contributed by atoms with E-state index >= 15 is 0 Å². The van der Waals surface area contributed by atoms with Crippen LogP contribution in [-0.4, -0.2) is 22.0 Å². The first-order chi connectivity index (χ1) is 9.52. The minimum absolute atomic E-state index is 0.154. The summed E-state index contributed by atoms with van der Waals surface area (Å²) in [7, 11) is 0. The minimum Gasteiger partial charge on any atom is -0.395 e. The van der Waals surface area contributed by atoms with Crippen LogP contribution >= 0.6 is 0 Å². The summed E-state index contributed by atoms with van der Waals surface area (Å²) in [6, 6.07) is 6.23. The number of rotatable bonds is 4. The van der Waals surface area contributed by atoms with Gasteiger partial charge in [0, 0.05) is 11.3 Å². The number of hydrogen-bond donors (Lipinski definition) is 4. The van der Waals surface area contributed by atoms with Crippen LogP contribution in [0.5, 0.6) is 0 Å². The van der Waals surface area contributed by atoms with Crippen molar-refractivity contribution in [2.45, 2.75) is 13.3 Å². The second-order valence-electron chi connectivity index (χ2n) is 4.21. The highest BCUT2D eigenvalue weighted by Crippen LogP contribution is 2.17. The van der Waals surface area contributed by atoms with Crippen molar-refractivity contribution < 1.29 is 9.59 Å². The maximum Gasteiger partial charge on any atom is 0.278 e. The molecule has 0 atom stereocenters. The summed E-state index contributed by atoms with van der Waals surface area (Å²) in [6.45, 7) is 1.91. The van der Waals surface area contributed by atoms with Gasteiger partial charge in [-0.15, -0.1) is 0 Å². The molecule has 0 aliphatic heterocycles. The quantitative estimate of drug-likeness (QED) is 0.660. The highest BCUT2D eigenvalue weighted by atomic mass is 16.2. The molecule has 1 aromatic carbocycles. The largest absolute Gasteiger partial charge is 0.395 e. The van der Waals surface area contributed by atoms with E-state index in [9.17, 15) is 9.59 Å². The fraction of sp³-hybridized carbons (Fsp3) is 0.154. The second-order valence-corrected chi connectivity index (χ2v) is 4.21. The summed E-state index contributed by atoms with van der Waals surface area (Å²) < 4.78 is 0. The molecule has 0 aliphatic rings. The monoisotopic (exact) mass is 273 g/mol. The number of aromatic nitrogens is 2. The molecule has 6 N–H and O–H groups in total. The zero-order chi connectivity index (χ0) is 14.7. The number of anilines is 2. The van der Waals surface area contributed by atoms with Crippen LogP contribution in [-0.2, 0) is 6.42 Å². The lowest BCUT2D eigenvalue weighted by atomic mass is 10.2. The molecule has 0 fully saturated rings. The van der Waals surface area contributed by atoms with Crippen molar-refractivity contribution in [3.63, 3.8) is 0 Å². The first-order valence-electron chi connectivity index (χ1n) is 6.06. The Morgan fingerprint density at radius 3 is 2.45 bits per heavy atom. The van der Waals surface area contributed by atoms with Crippen molar-refractivity contribution >= 4 is 23.2 Å². The number of H-pyrrole nitrogens is 1. The predicted octanol–water partition coefficient (Wildman–Crippen LogP) is 0.905. The Balaban J connectivity index is 2.14. The molecule has 104 valence electrons. The van der Waals surface area contributed by atoms with Crippen molar-refractivity contribution in [3.8, 4) is 0 Å². The molecule has 2 aromatic rings. The van der Waals surface area contributed by atoms with E-state index in [-0.39, 0.29) is 5.69 Å². The van der Waals surface area contributed by atoms with Crippen LogP contribution in [0.3, 0.4) is 0 Å². The Hall–Kier alpha value is -2.83. The zero-order valence-corrected chi connectivity index (χ0v) is 10.9. The molecule has 1 aromatic heterocycles. The molecule has 2 amide bonds. The molecule has 20 heavy (non-hydrogen) atoms. The standard InChI is InChI=1S/C13H15N5O2/c1-2-9-10(14)11(18-17-9)13(20)16-8-5-3-7(4-6-8)12(15)19/h3-6H,2,14H2,1H3,(H2,15,19)(H,16,20)(H,17,18). The smallest absolute Gasteiger partial charge is 0.278 e. The van der Waals surface area contributed by atoms with Crippen LogP contribution in [0.15, 0.2) is 24.3 Å². The van der Waals surface area contributed by atoms with E-state index in [0.29, 0.717) is 23.4 Å². The minimum atomic E-state index is -0.521. The molecule has 0 saturated carbocycles. The van der Waals surface area contributed by atoms with Crippen LogP contribution in [0.4, 0.5) is 11.4 Å². The van der Waals surface area contributed by atoms with Gasteiger partial charge in [-0.1, -0.05) is 6.92 Å². The Labute approximate surface area is 115 Å². The number of nitrogens with one attached hydrogen (secondary N) is 2. The number of carbonyl (C=O) groups is 2. The van der Waals surface area contributed by atoms with E-state index in [4.69, 9.17) is 11.5 Å². The van der Waals surface area contributed by atoms with Gasteiger partial charge in [0.1, 0.15) is 0 Å². The topological polar surface area (TPSA) is 127 Å². The van der Waals surface area contributed by atoms with Gasteiger partial charge >= 0.3 is 0 Å². The number of nitrogens with zero attached hydrogens (tertiary/aromatic N) is 1. The Bertz CT molecular complexity index is 645.